The van der Waals surface area contributed by atoms with Crippen LogP contribution in [0.5, 0.6) is 0 Å². The van der Waals surface area contributed by atoms with Gasteiger partial charge in [-0.3, -0.25) is 14.6 Å². The van der Waals surface area contributed by atoms with Crippen LogP contribution in [0, 0.1) is 0 Å². The first-order valence-corrected chi connectivity index (χ1v) is 7.67. The zero-order valence-corrected chi connectivity index (χ0v) is 12.7. The van der Waals surface area contributed by atoms with Crippen molar-refractivity contribution in [3.63, 3.8) is 0 Å². The van der Waals surface area contributed by atoms with Gasteiger partial charge in [0.1, 0.15) is 11.4 Å². The lowest BCUT2D eigenvalue weighted by Crippen LogP contribution is -2.29. The molecule has 0 unspecified atom stereocenters. The molecule has 3 rings (SSSR count). The van der Waals surface area contributed by atoms with Gasteiger partial charge < -0.3 is 10.2 Å². The van der Waals surface area contributed by atoms with Crippen LogP contribution in [0.4, 0.5) is 0 Å². The molecule has 6 nitrogen and oxygen atoms in total. The molecular weight excluding hydrogens is 292 g/mol. The summed E-state index contributed by atoms with van der Waals surface area (Å²) in [5.41, 5.74) is 1.53. The number of pyridine rings is 2. The molecule has 1 fully saturated rings. The zero-order chi connectivity index (χ0) is 16.1. The van der Waals surface area contributed by atoms with Crippen LogP contribution in [-0.4, -0.2) is 39.8 Å². The molecular formula is C17H18N4O2. The first-order chi connectivity index (χ1) is 11.2. The number of carbonyl (C=O) groups excluding carboxylic acids is 2. The molecule has 2 aromatic heterocycles. The Bertz CT molecular complexity index is 697. The normalized spacial score (nSPS) is 13.8. The van der Waals surface area contributed by atoms with E-state index in [9.17, 15) is 9.59 Å². The van der Waals surface area contributed by atoms with E-state index in [2.05, 4.69) is 15.3 Å². The molecule has 23 heavy (non-hydrogen) atoms. The van der Waals surface area contributed by atoms with Crippen molar-refractivity contribution in [2.45, 2.75) is 19.4 Å². The van der Waals surface area contributed by atoms with Gasteiger partial charge in [-0.05, 0) is 42.7 Å². The second-order valence-corrected chi connectivity index (χ2v) is 5.45. The first kappa shape index (κ1) is 15.1. The van der Waals surface area contributed by atoms with Crippen LogP contribution < -0.4 is 5.32 Å². The average molecular weight is 310 g/mol. The van der Waals surface area contributed by atoms with E-state index in [1.165, 1.54) is 0 Å². The van der Waals surface area contributed by atoms with Gasteiger partial charge in [-0.15, -0.1) is 0 Å². The molecule has 6 heteroatoms. The van der Waals surface area contributed by atoms with Crippen LogP contribution in [-0.2, 0) is 6.54 Å². The Morgan fingerprint density at radius 3 is 2.48 bits per heavy atom. The van der Waals surface area contributed by atoms with Crippen LogP contribution in [0.2, 0.25) is 0 Å². The molecule has 0 aliphatic carbocycles. The molecule has 0 bridgehead atoms. The molecule has 3 heterocycles. The number of rotatable bonds is 4. The van der Waals surface area contributed by atoms with E-state index in [1.807, 2.05) is 12.1 Å². The van der Waals surface area contributed by atoms with E-state index in [4.69, 9.17) is 0 Å². The summed E-state index contributed by atoms with van der Waals surface area (Å²) in [5, 5.41) is 2.80. The molecule has 1 aliphatic rings. The number of aromatic nitrogens is 2. The van der Waals surface area contributed by atoms with Crippen molar-refractivity contribution in [3.05, 3.63) is 59.7 Å². The second kappa shape index (κ2) is 7.00. The molecule has 0 radical (unpaired) electrons. The Morgan fingerprint density at radius 1 is 1.04 bits per heavy atom. The summed E-state index contributed by atoms with van der Waals surface area (Å²) in [5.74, 6) is -0.399. The van der Waals surface area contributed by atoms with E-state index in [1.54, 1.807) is 35.5 Å². The number of nitrogens with zero attached hydrogens (tertiary/aromatic N) is 3. The molecule has 0 aromatic carbocycles. The van der Waals surface area contributed by atoms with Crippen molar-refractivity contribution in [1.82, 2.24) is 20.2 Å². The van der Waals surface area contributed by atoms with Gasteiger partial charge in [-0.25, -0.2) is 4.98 Å². The number of likely N-dealkylation sites (tertiary alicyclic amines) is 1. The van der Waals surface area contributed by atoms with Gasteiger partial charge in [0.2, 0.25) is 0 Å². The molecule has 2 amide bonds. The summed E-state index contributed by atoms with van der Waals surface area (Å²) in [6, 6.07) is 8.63. The Morgan fingerprint density at radius 2 is 1.74 bits per heavy atom. The maximum absolute atomic E-state index is 12.3. The summed E-state index contributed by atoms with van der Waals surface area (Å²) in [6.07, 6.45) is 5.40. The maximum Gasteiger partial charge on any atom is 0.272 e. The Kier molecular flexibility index (Phi) is 4.61. The van der Waals surface area contributed by atoms with E-state index in [-0.39, 0.29) is 17.5 Å². The maximum atomic E-state index is 12.3. The molecule has 118 valence electrons. The molecule has 2 aromatic rings. The quantitative estimate of drug-likeness (QED) is 0.931. The van der Waals surface area contributed by atoms with Crippen LogP contribution in [0.25, 0.3) is 0 Å². The lowest BCUT2D eigenvalue weighted by atomic mass is 10.2. The smallest absolute Gasteiger partial charge is 0.272 e. The van der Waals surface area contributed by atoms with Crippen molar-refractivity contribution >= 4 is 11.8 Å². The van der Waals surface area contributed by atoms with Gasteiger partial charge in [0.25, 0.3) is 11.8 Å². The second-order valence-electron chi connectivity index (χ2n) is 5.45. The average Bonchev–Trinajstić information content (AvgIpc) is 3.14. The SMILES string of the molecule is O=C(NCc1ccncc1)c1cccc(C(=O)N2CCCC2)n1. The van der Waals surface area contributed by atoms with Crippen molar-refractivity contribution in [2.75, 3.05) is 13.1 Å². The highest BCUT2D eigenvalue weighted by molar-refractivity contribution is 5.96. The van der Waals surface area contributed by atoms with Gasteiger partial charge >= 0.3 is 0 Å². The summed E-state index contributed by atoms with van der Waals surface area (Å²) >= 11 is 0. The van der Waals surface area contributed by atoms with Crippen LogP contribution in [0.1, 0.15) is 39.4 Å². The number of hydrogen-bond donors (Lipinski definition) is 1. The third kappa shape index (κ3) is 3.71. The minimum absolute atomic E-state index is 0.105. The number of carbonyl (C=O) groups is 2. The fraction of sp³-hybridized carbons (Fsp3) is 0.294. The monoisotopic (exact) mass is 310 g/mol. The van der Waals surface area contributed by atoms with Crippen LogP contribution >= 0.6 is 0 Å². The number of amides is 2. The standard InChI is InChI=1S/C17H18N4O2/c22-16(19-12-13-6-8-18-9-7-13)14-4-3-5-15(20-14)17(23)21-10-1-2-11-21/h3-9H,1-2,10-12H2,(H,19,22). The lowest BCUT2D eigenvalue weighted by Gasteiger charge is -2.14. The molecule has 0 spiro atoms. The third-order valence-corrected chi connectivity index (χ3v) is 3.80. The third-order valence-electron chi connectivity index (χ3n) is 3.80. The minimum Gasteiger partial charge on any atom is -0.347 e. The predicted octanol–water partition coefficient (Wildman–Crippen LogP) is 1.64. The van der Waals surface area contributed by atoms with Crippen LogP contribution in [0.3, 0.4) is 0 Å². The van der Waals surface area contributed by atoms with Crippen molar-refractivity contribution in [1.29, 1.82) is 0 Å². The van der Waals surface area contributed by atoms with E-state index in [0.717, 1.165) is 31.5 Å². The van der Waals surface area contributed by atoms with Gasteiger partial charge in [0.05, 0.1) is 0 Å². The lowest BCUT2D eigenvalue weighted by molar-refractivity contribution is 0.0787. The van der Waals surface area contributed by atoms with Crippen molar-refractivity contribution in [3.8, 4) is 0 Å². The zero-order valence-electron chi connectivity index (χ0n) is 12.7. The summed E-state index contributed by atoms with van der Waals surface area (Å²) < 4.78 is 0. The van der Waals surface area contributed by atoms with E-state index in [0.29, 0.717) is 12.2 Å². The fourth-order valence-electron chi connectivity index (χ4n) is 2.54. The topological polar surface area (TPSA) is 75.2 Å². The Balaban J connectivity index is 1.66. The first-order valence-electron chi connectivity index (χ1n) is 7.67. The van der Waals surface area contributed by atoms with E-state index >= 15 is 0 Å². The summed E-state index contributed by atoms with van der Waals surface area (Å²) in [6.45, 7) is 1.92. The fourth-order valence-corrected chi connectivity index (χ4v) is 2.54. The molecule has 0 atom stereocenters. The molecule has 1 aliphatic heterocycles. The van der Waals surface area contributed by atoms with Gasteiger partial charge in [-0.1, -0.05) is 6.07 Å². The highest BCUT2D eigenvalue weighted by Gasteiger charge is 2.21. The minimum atomic E-state index is -0.294. The number of hydrogen-bond acceptors (Lipinski definition) is 4. The Hall–Kier alpha value is -2.76. The highest BCUT2D eigenvalue weighted by Crippen LogP contribution is 2.12. The largest absolute Gasteiger partial charge is 0.347 e. The Labute approximate surface area is 134 Å². The van der Waals surface area contributed by atoms with Crippen molar-refractivity contribution < 1.29 is 9.59 Å². The molecule has 0 saturated carbocycles. The molecule has 1 N–H and O–H groups in total. The summed E-state index contributed by atoms with van der Waals surface area (Å²) in [7, 11) is 0. The van der Waals surface area contributed by atoms with Gasteiger partial charge in [0, 0.05) is 32.0 Å². The number of nitrogens with one attached hydrogen (secondary N) is 1. The summed E-state index contributed by atoms with van der Waals surface area (Å²) in [4.78, 5) is 34.5. The predicted molar refractivity (Wildman–Crippen MR) is 84.8 cm³/mol. The van der Waals surface area contributed by atoms with E-state index < -0.39 is 0 Å². The molecule has 1 saturated heterocycles. The van der Waals surface area contributed by atoms with Crippen molar-refractivity contribution in [2.24, 2.45) is 0 Å². The van der Waals surface area contributed by atoms with Gasteiger partial charge in [0.15, 0.2) is 0 Å². The highest BCUT2D eigenvalue weighted by atomic mass is 16.2. The van der Waals surface area contributed by atoms with Gasteiger partial charge in [-0.2, -0.15) is 0 Å². The van der Waals surface area contributed by atoms with Crippen LogP contribution in [0.15, 0.2) is 42.7 Å².